The Morgan fingerprint density at radius 2 is 1.95 bits per heavy atom. The number of hydrogen-bond donors (Lipinski definition) is 0. The average Bonchev–Trinajstić information content (AvgIpc) is 2.49. The predicted molar refractivity (Wildman–Crippen MR) is 79.6 cm³/mol. The normalized spacial score (nSPS) is 17.3. The van der Waals surface area contributed by atoms with Crippen molar-refractivity contribution < 1.29 is 0 Å². The van der Waals surface area contributed by atoms with Crippen molar-refractivity contribution >= 4 is 17.3 Å². The van der Waals surface area contributed by atoms with E-state index in [1.54, 1.807) is 6.07 Å². The molecule has 0 radical (unpaired) electrons. The Morgan fingerprint density at radius 3 is 2.45 bits per heavy atom. The SMILES string of the molecule is CCC(C#N)N1CCN(c2ccc(C#N)c(Cl)c2)CC1. The Balaban J connectivity index is 2.03. The van der Waals surface area contributed by atoms with Gasteiger partial charge in [-0.1, -0.05) is 18.5 Å². The molecule has 0 aromatic heterocycles. The van der Waals surface area contributed by atoms with Gasteiger partial charge in [0.25, 0.3) is 0 Å². The number of nitrogens with zero attached hydrogens (tertiary/aromatic N) is 4. The van der Waals surface area contributed by atoms with Crippen LogP contribution in [0.25, 0.3) is 0 Å². The van der Waals surface area contributed by atoms with Gasteiger partial charge in [0, 0.05) is 31.9 Å². The van der Waals surface area contributed by atoms with Crippen LogP contribution in [0.1, 0.15) is 18.9 Å². The van der Waals surface area contributed by atoms with E-state index in [1.807, 2.05) is 19.1 Å². The Kier molecular flexibility index (Phi) is 4.84. The smallest absolute Gasteiger partial charge is 0.101 e. The number of piperazine rings is 1. The summed E-state index contributed by atoms with van der Waals surface area (Å²) in [5.74, 6) is 0. The Morgan fingerprint density at radius 1 is 1.25 bits per heavy atom. The fourth-order valence-corrected chi connectivity index (χ4v) is 2.73. The molecule has 0 saturated carbocycles. The molecule has 2 rings (SSSR count). The molecule has 0 bridgehead atoms. The molecule has 1 saturated heterocycles. The molecule has 104 valence electrons. The molecule has 1 aliphatic heterocycles. The van der Waals surface area contributed by atoms with Crippen molar-refractivity contribution in [2.75, 3.05) is 31.1 Å². The van der Waals surface area contributed by atoms with E-state index < -0.39 is 0 Å². The van der Waals surface area contributed by atoms with Crippen LogP contribution in [0, 0.1) is 22.7 Å². The highest BCUT2D eigenvalue weighted by molar-refractivity contribution is 6.32. The minimum absolute atomic E-state index is 0.0155. The quantitative estimate of drug-likeness (QED) is 0.858. The molecule has 0 spiro atoms. The highest BCUT2D eigenvalue weighted by atomic mass is 35.5. The van der Waals surface area contributed by atoms with Crippen LogP contribution in [-0.2, 0) is 0 Å². The molecule has 1 aromatic carbocycles. The first-order valence-electron chi connectivity index (χ1n) is 6.77. The maximum Gasteiger partial charge on any atom is 0.101 e. The van der Waals surface area contributed by atoms with Crippen molar-refractivity contribution in [2.45, 2.75) is 19.4 Å². The Bertz CT molecular complexity index is 550. The van der Waals surface area contributed by atoms with Crippen molar-refractivity contribution in [3.05, 3.63) is 28.8 Å². The van der Waals surface area contributed by atoms with Crippen LogP contribution in [0.15, 0.2) is 18.2 Å². The van der Waals surface area contributed by atoms with E-state index in [0.717, 1.165) is 38.3 Å². The summed E-state index contributed by atoms with van der Waals surface area (Å²) in [5.41, 5.74) is 1.54. The summed E-state index contributed by atoms with van der Waals surface area (Å²) in [6.45, 7) is 5.55. The highest BCUT2D eigenvalue weighted by Gasteiger charge is 2.22. The minimum Gasteiger partial charge on any atom is -0.369 e. The van der Waals surface area contributed by atoms with Gasteiger partial charge in [0.15, 0.2) is 0 Å². The topological polar surface area (TPSA) is 54.1 Å². The second-order valence-electron chi connectivity index (χ2n) is 4.85. The summed E-state index contributed by atoms with van der Waals surface area (Å²) in [7, 11) is 0. The zero-order valence-corrected chi connectivity index (χ0v) is 12.3. The van der Waals surface area contributed by atoms with E-state index in [-0.39, 0.29) is 6.04 Å². The van der Waals surface area contributed by atoms with Crippen molar-refractivity contribution in [1.82, 2.24) is 4.90 Å². The van der Waals surface area contributed by atoms with Crippen molar-refractivity contribution in [2.24, 2.45) is 0 Å². The first kappa shape index (κ1) is 14.7. The maximum absolute atomic E-state index is 9.10. The lowest BCUT2D eigenvalue weighted by molar-refractivity contribution is 0.216. The molecule has 1 fully saturated rings. The van der Waals surface area contributed by atoms with Crippen LogP contribution in [0.3, 0.4) is 0 Å². The molecule has 0 amide bonds. The van der Waals surface area contributed by atoms with Gasteiger partial charge in [-0.05, 0) is 24.6 Å². The van der Waals surface area contributed by atoms with E-state index in [2.05, 4.69) is 21.9 Å². The first-order valence-corrected chi connectivity index (χ1v) is 7.15. The van der Waals surface area contributed by atoms with Crippen molar-refractivity contribution in [1.29, 1.82) is 10.5 Å². The lowest BCUT2D eigenvalue weighted by Crippen LogP contribution is -2.49. The van der Waals surface area contributed by atoms with E-state index >= 15 is 0 Å². The Labute approximate surface area is 124 Å². The van der Waals surface area contributed by atoms with Crippen LogP contribution >= 0.6 is 11.6 Å². The number of hydrogen-bond acceptors (Lipinski definition) is 4. The third-order valence-corrected chi connectivity index (χ3v) is 4.04. The number of anilines is 1. The summed E-state index contributed by atoms with van der Waals surface area (Å²) in [5, 5.41) is 18.5. The average molecular weight is 289 g/mol. The molecule has 0 aliphatic carbocycles. The lowest BCUT2D eigenvalue weighted by Gasteiger charge is -2.37. The van der Waals surface area contributed by atoms with Crippen LogP contribution in [0.5, 0.6) is 0 Å². The highest BCUT2D eigenvalue weighted by Crippen LogP contribution is 2.24. The molecule has 5 heteroatoms. The molecular formula is C15H17ClN4. The van der Waals surface area contributed by atoms with Gasteiger partial charge in [-0.3, -0.25) is 4.90 Å². The van der Waals surface area contributed by atoms with Crippen LogP contribution < -0.4 is 4.90 Å². The second kappa shape index (κ2) is 6.61. The van der Waals surface area contributed by atoms with Crippen LogP contribution in [0.2, 0.25) is 5.02 Å². The zero-order chi connectivity index (χ0) is 14.5. The van der Waals surface area contributed by atoms with Gasteiger partial charge in [-0.15, -0.1) is 0 Å². The summed E-state index contributed by atoms with van der Waals surface area (Å²) in [6.07, 6.45) is 0.860. The van der Waals surface area contributed by atoms with Crippen LogP contribution in [0.4, 0.5) is 5.69 Å². The monoisotopic (exact) mass is 288 g/mol. The summed E-state index contributed by atoms with van der Waals surface area (Å²) < 4.78 is 0. The van der Waals surface area contributed by atoms with E-state index in [0.29, 0.717) is 10.6 Å². The fourth-order valence-electron chi connectivity index (χ4n) is 2.51. The zero-order valence-electron chi connectivity index (χ0n) is 11.5. The fraction of sp³-hybridized carbons (Fsp3) is 0.467. The van der Waals surface area contributed by atoms with Gasteiger partial charge in [-0.2, -0.15) is 10.5 Å². The maximum atomic E-state index is 9.10. The molecule has 1 aromatic rings. The molecular weight excluding hydrogens is 272 g/mol. The standard InChI is InChI=1S/C15H17ClN4/c1-2-13(11-18)19-5-7-20(8-6-19)14-4-3-12(10-17)15(16)9-14/h3-4,9,13H,2,5-8H2,1H3. The molecule has 0 N–H and O–H groups in total. The molecule has 4 nitrogen and oxygen atoms in total. The van der Waals surface area contributed by atoms with Gasteiger partial charge >= 0.3 is 0 Å². The Hall–Kier alpha value is -1.75. The van der Waals surface area contributed by atoms with E-state index in [1.165, 1.54) is 0 Å². The van der Waals surface area contributed by atoms with E-state index in [4.69, 9.17) is 22.1 Å². The van der Waals surface area contributed by atoms with Gasteiger partial charge in [-0.25, -0.2) is 0 Å². The third kappa shape index (κ3) is 3.04. The lowest BCUT2D eigenvalue weighted by atomic mass is 10.1. The number of nitriles is 2. The molecule has 1 aliphatic rings. The van der Waals surface area contributed by atoms with E-state index in [9.17, 15) is 0 Å². The first-order chi connectivity index (χ1) is 9.69. The summed E-state index contributed by atoms with van der Waals surface area (Å²) >= 11 is 6.07. The second-order valence-corrected chi connectivity index (χ2v) is 5.26. The summed E-state index contributed by atoms with van der Waals surface area (Å²) in [6, 6.07) is 9.97. The summed E-state index contributed by atoms with van der Waals surface area (Å²) in [4.78, 5) is 4.47. The number of rotatable bonds is 3. The van der Waals surface area contributed by atoms with Crippen LogP contribution in [-0.4, -0.2) is 37.1 Å². The van der Waals surface area contributed by atoms with Gasteiger partial charge < -0.3 is 4.90 Å². The molecule has 20 heavy (non-hydrogen) atoms. The minimum atomic E-state index is 0.0155. The predicted octanol–water partition coefficient (Wildman–Crippen LogP) is 2.64. The van der Waals surface area contributed by atoms with Gasteiger partial charge in [0.05, 0.1) is 22.7 Å². The van der Waals surface area contributed by atoms with Crippen molar-refractivity contribution in [3.8, 4) is 12.1 Å². The third-order valence-electron chi connectivity index (χ3n) is 3.73. The largest absolute Gasteiger partial charge is 0.369 e. The number of benzene rings is 1. The van der Waals surface area contributed by atoms with Gasteiger partial charge in [0.2, 0.25) is 0 Å². The molecule has 1 unspecified atom stereocenters. The number of halogens is 1. The molecule has 1 atom stereocenters. The van der Waals surface area contributed by atoms with Crippen molar-refractivity contribution in [3.63, 3.8) is 0 Å². The molecule has 1 heterocycles. The van der Waals surface area contributed by atoms with Gasteiger partial charge in [0.1, 0.15) is 6.07 Å².